The van der Waals surface area contributed by atoms with Crippen molar-refractivity contribution in [2.75, 3.05) is 5.32 Å². The minimum absolute atomic E-state index is 0.122. The zero-order valence-electron chi connectivity index (χ0n) is 15.6. The third-order valence-corrected chi connectivity index (χ3v) is 4.50. The van der Waals surface area contributed by atoms with Gasteiger partial charge in [0.1, 0.15) is 11.4 Å². The van der Waals surface area contributed by atoms with Gasteiger partial charge in [0.25, 0.3) is 5.19 Å². The second-order valence-electron chi connectivity index (χ2n) is 6.46. The fourth-order valence-corrected chi connectivity index (χ4v) is 3.23. The van der Waals surface area contributed by atoms with Crippen molar-refractivity contribution in [3.05, 3.63) is 42.3 Å². The highest BCUT2D eigenvalue weighted by molar-refractivity contribution is 7.16. The first kappa shape index (κ1) is 18.9. The maximum atomic E-state index is 11.2. The molecule has 3 aromatic rings. The molecule has 0 aliphatic rings. The fraction of sp³-hybridized carbons (Fsp3) is 0.316. The molecule has 0 bridgehead atoms. The maximum absolute atomic E-state index is 11.2. The summed E-state index contributed by atoms with van der Waals surface area (Å²) in [7, 11) is 0. The van der Waals surface area contributed by atoms with E-state index in [9.17, 15) is 4.79 Å². The predicted molar refractivity (Wildman–Crippen MR) is 105 cm³/mol. The van der Waals surface area contributed by atoms with Gasteiger partial charge in [0.05, 0.1) is 17.1 Å². The molecule has 2 N–H and O–H groups in total. The number of rotatable bonds is 7. The summed E-state index contributed by atoms with van der Waals surface area (Å²) in [5.41, 5.74) is 1.65. The lowest BCUT2D eigenvalue weighted by atomic mass is 10.2. The Bertz CT molecular complexity index is 919. The first-order valence-corrected chi connectivity index (χ1v) is 9.46. The van der Waals surface area contributed by atoms with Crippen molar-refractivity contribution in [2.45, 2.75) is 39.8 Å². The molecule has 0 radical (unpaired) electrons. The van der Waals surface area contributed by atoms with Crippen molar-refractivity contribution >= 4 is 22.9 Å². The van der Waals surface area contributed by atoms with E-state index < -0.39 is 0 Å². The minimum atomic E-state index is -0.247. The third kappa shape index (κ3) is 5.07. The lowest BCUT2D eigenvalue weighted by molar-refractivity contribution is -0.119. The number of carbonyl (C=O) groups is 1. The molecule has 0 aliphatic heterocycles. The number of benzene rings is 1. The summed E-state index contributed by atoms with van der Waals surface area (Å²) in [4.78, 5) is 16.3. The highest BCUT2D eigenvalue weighted by Crippen LogP contribution is 2.34. The Kier molecular flexibility index (Phi) is 5.75. The molecular weight excluding hydrogens is 364 g/mol. The number of aromatic nitrogens is 2. The van der Waals surface area contributed by atoms with Crippen LogP contribution in [0.15, 0.2) is 41.1 Å². The van der Waals surface area contributed by atoms with Crippen LogP contribution in [0.25, 0.3) is 10.6 Å². The molecule has 7 nitrogen and oxygen atoms in total. The topological polar surface area (TPSA) is 89.3 Å². The van der Waals surface area contributed by atoms with E-state index in [1.807, 2.05) is 31.2 Å². The summed E-state index contributed by atoms with van der Waals surface area (Å²) in [6.07, 6.45) is 1.70. The zero-order valence-corrected chi connectivity index (χ0v) is 16.5. The van der Waals surface area contributed by atoms with E-state index in [4.69, 9.17) is 9.26 Å². The standard InChI is InChI=1S/C19H22N4O3S/c1-11(2)21-14-6-5-7-15(8-14)25-19-20-10-18(27-19)16-9-17(26-23-16)12(3)22-13(4)24/h5-12,21H,1-4H3,(H,22,24). The van der Waals surface area contributed by atoms with Crippen LogP contribution in [0.5, 0.6) is 10.9 Å². The predicted octanol–water partition coefficient (Wildman–Crippen LogP) is 4.61. The largest absolute Gasteiger partial charge is 0.431 e. The molecule has 3 rings (SSSR count). The Balaban J connectivity index is 1.70. The number of amides is 1. The lowest BCUT2D eigenvalue weighted by Gasteiger charge is -2.10. The number of hydrogen-bond acceptors (Lipinski definition) is 7. The lowest BCUT2D eigenvalue weighted by Crippen LogP contribution is -2.23. The normalized spacial score (nSPS) is 12.0. The molecule has 0 saturated carbocycles. The van der Waals surface area contributed by atoms with Gasteiger partial charge < -0.3 is 19.9 Å². The van der Waals surface area contributed by atoms with Gasteiger partial charge in [-0.2, -0.15) is 0 Å². The summed E-state index contributed by atoms with van der Waals surface area (Å²) >= 11 is 1.38. The van der Waals surface area contributed by atoms with Crippen molar-refractivity contribution in [1.82, 2.24) is 15.5 Å². The molecule has 1 amide bonds. The number of hydrogen-bond donors (Lipinski definition) is 2. The van der Waals surface area contributed by atoms with Crippen molar-refractivity contribution in [2.24, 2.45) is 0 Å². The molecule has 2 aromatic heterocycles. The Morgan fingerprint density at radius 2 is 2.07 bits per heavy atom. The number of ether oxygens (including phenoxy) is 1. The number of anilines is 1. The van der Waals surface area contributed by atoms with Gasteiger partial charge in [-0.15, -0.1) is 0 Å². The molecule has 0 spiro atoms. The molecule has 142 valence electrons. The van der Waals surface area contributed by atoms with Gasteiger partial charge in [0.15, 0.2) is 5.76 Å². The molecule has 1 atom stereocenters. The van der Waals surface area contributed by atoms with Gasteiger partial charge >= 0.3 is 0 Å². The summed E-state index contributed by atoms with van der Waals surface area (Å²) in [5.74, 6) is 1.17. The average Bonchev–Trinajstić information content (AvgIpc) is 3.23. The smallest absolute Gasteiger partial charge is 0.279 e. The Morgan fingerprint density at radius 1 is 1.26 bits per heavy atom. The molecule has 1 aromatic carbocycles. The van der Waals surface area contributed by atoms with Crippen LogP contribution in [0.2, 0.25) is 0 Å². The summed E-state index contributed by atoms with van der Waals surface area (Å²) in [6, 6.07) is 9.64. The van der Waals surface area contributed by atoms with Crippen LogP contribution in [0.4, 0.5) is 5.69 Å². The Morgan fingerprint density at radius 3 is 2.81 bits per heavy atom. The molecule has 0 saturated heterocycles. The SMILES string of the molecule is CC(=O)NC(C)c1cc(-c2cnc(Oc3cccc(NC(C)C)c3)s2)no1. The van der Waals surface area contributed by atoms with E-state index in [1.54, 1.807) is 12.3 Å². The van der Waals surface area contributed by atoms with E-state index in [2.05, 4.69) is 34.6 Å². The minimum Gasteiger partial charge on any atom is -0.431 e. The monoisotopic (exact) mass is 386 g/mol. The summed E-state index contributed by atoms with van der Waals surface area (Å²) in [6.45, 7) is 7.47. The summed E-state index contributed by atoms with van der Waals surface area (Å²) < 4.78 is 11.2. The number of nitrogens with zero attached hydrogens (tertiary/aromatic N) is 2. The van der Waals surface area contributed by atoms with E-state index >= 15 is 0 Å². The second-order valence-corrected chi connectivity index (χ2v) is 7.45. The zero-order chi connectivity index (χ0) is 19.4. The molecule has 0 aliphatic carbocycles. The van der Waals surface area contributed by atoms with Crippen LogP contribution in [0.3, 0.4) is 0 Å². The van der Waals surface area contributed by atoms with Gasteiger partial charge in [-0.1, -0.05) is 22.6 Å². The van der Waals surface area contributed by atoms with Crippen LogP contribution in [-0.4, -0.2) is 22.1 Å². The van der Waals surface area contributed by atoms with Gasteiger partial charge in [0.2, 0.25) is 5.91 Å². The van der Waals surface area contributed by atoms with Gasteiger partial charge in [-0.3, -0.25) is 4.79 Å². The Hall–Kier alpha value is -2.87. The van der Waals surface area contributed by atoms with E-state index in [0.29, 0.717) is 28.4 Å². The molecule has 0 fully saturated rings. The van der Waals surface area contributed by atoms with Crippen LogP contribution in [0.1, 0.15) is 39.5 Å². The average molecular weight is 386 g/mol. The van der Waals surface area contributed by atoms with Crippen LogP contribution in [-0.2, 0) is 4.79 Å². The molecule has 1 unspecified atom stereocenters. The van der Waals surface area contributed by atoms with E-state index in [0.717, 1.165) is 10.6 Å². The van der Waals surface area contributed by atoms with Gasteiger partial charge in [-0.05, 0) is 32.9 Å². The summed E-state index contributed by atoms with van der Waals surface area (Å²) in [5, 5.41) is 10.7. The van der Waals surface area contributed by atoms with E-state index in [1.165, 1.54) is 18.3 Å². The van der Waals surface area contributed by atoms with Crippen LogP contribution in [0, 0.1) is 0 Å². The maximum Gasteiger partial charge on any atom is 0.279 e. The Labute approximate surface area is 161 Å². The molecular formula is C19H22N4O3S. The van der Waals surface area contributed by atoms with Gasteiger partial charge in [-0.25, -0.2) is 4.98 Å². The van der Waals surface area contributed by atoms with Gasteiger partial charge in [0, 0.05) is 30.8 Å². The first-order valence-electron chi connectivity index (χ1n) is 8.65. The highest BCUT2D eigenvalue weighted by atomic mass is 32.1. The van der Waals surface area contributed by atoms with Crippen LogP contribution >= 0.6 is 11.3 Å². The van der Waals surface area contributed by atoms with Crippen molar-refractivity contribution in [1.29, 1.82) is 0 Å². The first-order chi connectivity index (χ1) is 12.9. The second kappa shape index (κ2) is 8.22. The molecule has 8 heteroatoms. The number of carbonyl (C=O) groups excluding carboxylic acids is 1. The van der Waals surface area contributed by atoms with Crippen LogP contribution < -0.4 is 15.4 Å². The van der Waals surface area contributed by atoms with Crippen molar-refractivity contribution in [3.63, 3.8) is 0 Å². The third-order valence-electron chi connectivity index (χ3n) is 3.61. The van der Waals surface area contributed by atoms with E-state index in [-0.39, 0.29) is 11.9 Å². The molecule has 27 heavy (non-hydrogen) atoms. The quantitative estimate of drug-likeness (QED) is 0.616. The number of thiazole rings is 1. The van der Waals surface area contributed by atoms with Crippen molar-refractivity contribution < 1.29 is 14.1 Å². The highest BCUT2D eigenvalue weighted by Gasteiger charge is 2.16. The molecule has 2 heterocycles. The fourth-order valence-electron chi connectivity index (χ4n) is 2.49. The van der Waals surface area contributed by atoms with Crippen molar-refractivity contribution in [3.8, 4) is 21.5 Å². The number of nitrogens with one attached hydrogen (secondary N) is 2.